The molecule has 332 valence electrons. The summed E-state index contributed by atoms with van der Waals surface area (Å²) >= 11 is 12.6. The number of nitrogens with zero attached hydrogens (tertiary/aromatic N) is 6. The van der Waals surface area contributed by atoms with Crippen molar-refractivity contribution >= 4 is 86.2 Å². The van der Waals surface area contributed by atoms with Crippen molar-refractivity contribution in [2.75, 3.05) is 29.3 Å². The van der Waals surface area contributed by atoms with Crippen molar-refractivity contribution in [1.29, 1.82) is 0 Å². The molecule has 4 aromatic carbocycles. The highest BCUT2D eigenvalue weighted by Crippen LogP contribution is 2.65. The number of aromatic nitrogens is 1. The van der Waals surface area contributed by atoms with E-state index in [2.05, 4.69) is 10.4 Å². The zero-order chi connectivity index (χ0) is 46.6. The first-order valence-electron chi connectivity index (χ1n) is 19.8. The number of nitro benzene ring substituents is 2. The van der Waals surface area contributed by atoms with Crippen LogP contribution >= 0.6 is 23.2 Å². The third kappa shape index (κ3) is 6.46. The Hall–Kier alpha value is -7.12. The number of fused-ring (bicyclic) bond motifs is 5. The molecule has 2 aliphatic heterocycles. The van der Waals surface area contributed by atoms with Gasteiger partial charge in [0, 0.05) is 54.3 Å². The van der Waals surface area contributed by atoms with Gasteiger partial charge in [-0.15, -0.1) is 0 Å². The number of nitro groups is 2. The lowest BCUT2D eigenvalue weighted by Crippen LogP contribution is -2.53. The Morgan fingerprint density at radius 3 is 2.17 bits per heavy atom. The summed E-state index contributed by atoms with van der Waals surface area (Å²) in [6.07, 6.45) is -3.09. The molecule has 1 aromatic heterocycles. The van der Waals surface area contributed by atoms with Crippen molar-refractivity contribution < 1.29 is 47.3 Å². The predicted octanol–water partition coefficient (Wildman–Crippen LogP) is 8.34. The van der Waals surface area contributed by atoms with Gasteiger partial charge in [-0.05, 0) is 47.9 Å². The first-order valence-corrected chi connectivity index (χ1v) is 20.6. The van der Waals surface area contributed by atoms with Crippen molar-refractivity contribution in [2.45, 2.75) is 30.4 Å². The molecule has 5 aromatic rings. The van der Waals surface area contributed by atoms with Gasteiger partial charge in [-0.2, -0.15) is 18.2 Å². The van der Waals surface area contributed by atoms with Crippen molar-refractivity contribution in [1.82, 2.24) is 9.99 Å². The number of hydrogen-bond donors (Lipinski definition) is 2. The van der Waals surface area contributed by atoms with Crippen LogP contribution in [0.5, 0.6) is 5.75 Å². The molecule has 1 saturated carbocycles. The average Bonchev–Trinajstić information content (AvgIpc) is 3.64. The van der Waals surface area contributed by atoms with E-state index in [-0.39, 0.29) is 40.4 Å². The van der Waals surface area contributed by atoms with Gasteiger partial charge < -0.3 is 10.0 Å². The van der Waals surface area contributed by atoms with Gasteiger partial charge in [0.25, 0.3) is 11.8 Å². The number of phenols is 1. The summed E-state index contributed by atoms with van der Waals surface area (Å²) in [4.78, 5) is 88.5. The molecule has 4 amide bonds. The molecular weight excluding hydrogens is 898 g/mol. The van der Waals surface area contributed by atoms with E-state index in [1.807, 2.05) is 0 Å². The number of alkyl halides is 3. The number of amides is 4. The monoisotopic (exact) mass is 929 g/mol. The summed E-state index contributed by atoms with van der Waals surface area (Å²) < 4.78 is 40.8. The topological polar surface area (TPSA) is 209 Å². The molecule has 2 aliphatic carbocycles. The highest BCUT2D eigenvalue weighted by molar-refractivity contribution is 6.33. The number of rotatable bonds is 8. The molecule has 65 heavy (non-hydrogen) atoms. The Bertz CT molecular complexity index is 2950. The summed E-state index contributed by atoms with van der Waals surface area (Å²) in [6, 6.07) is 18.6. The van der Waals surface area contributed by atoms with Gasteiger partial charge in [-0.3, -0.25) is 44.8 Å². The molecule has 0 radical (unpaired) electrons. The van der Waals surface area contributed by atoms with Crippen LogP contribution in [-0.2, 0) is 30.8 Å². The number of hydrogen-bond acceptors (Lipinski definition) is 12. The largest absolute Gasteiger partial charge is 0.507 e. The quantitative estimate of drug-likeness (QED) is 0.0651. The Balaban J connectivity index is 1.24. The number of halogens is 5. The first kappa shape index (κ1) is 43.1. The summed E-state index contributed by atoms with van der Waals surface area (Å²) in [7, 11) is 2.72. The van der Waals surface area contributed by atoms with E-state index in [4.69, 9.17) is 23.2 Å². The molecule has 2 N–H and O–H groups in total. The fraction of sp³-hybridized carbons (Fsp3) is 0.250. The van der Waals surface area contributed by atoms with Crippen molar-refractivity contribution in [3.05, 3.63) is 144 Å². The minimum atomic E-state index is -4.83. The van der Waals surface area contributed by atoms with Gasteiger partial charge in [0.15, 0.2) is 11.5 Å². The maximum Gasteiger partial charge on any atom is 0.417 e. The number of pyridine rings is 1. The third-order valence-electron chi connectivity index (χ3n) is 13.0. The lowest BCUT2D eigenvalue weighted by molar-refractivity contribution is -0.392. The molecule has 2 saturated heterocycles. The second-order valence-corrected chi connectivity index (χ2v) is 17.2. The molecule has 16 nitrogen and oxygen atoms in total. The lowest BCUT2D eigenvalue weighted by atomic mass is 9.49. The van der Waals surface area contributed by atoms with E-state index in [1.165, 1.54) is 43.3 Å². The first-order chi connectivity index (χ1) is 30.8. The van der Waals surface area contributed by atoms with E-state index < -0.39 is 108 Å². The van der Waals surface area contributed by atoms with Crippen LogP contribution in [0.2, 0.25) is 10.0 Å². The molecule has 0 bridgehead atoms. The van der Waals surface area contributed by atoms with Crippen LogP contribution in [0.25, 0.3) is 10.8 Å². The summed E-state index contributed by atoms with van der Waals surface area (Å²) in [5.74, 6) is -10.4. The minimum absolute atomic E-state index is 0.126. The van der Waals surface area contributed by atoms with Crippen LogP contribution in [-0.4, -0.2) is 62.7 Å². The highest BCUT2D eigenvalue weighted by Gasteiger charge is 2.71. The van der Waals surface area contributed by atoms with Crippen LogP contribution in [0.15, 0.2) is 96.7 Å². The Morgan fingerprint density at radius 1 is 0.892 bits per heavy atom. The van der Waals surface area contributed by atoms with E-state index in [9.17, 15) is 48.1 Å². The number of nitrogens with one attached hydrogen (secondary N) is 1. The van der Waals surface area contributed by atoms with Crippen LogP contribution in [0.4, 0.5) is 41.7 Å². The summed E-state index contributed by atoms with van der Waals surface area (Å²) in [5, 5.41) is 38.1. The average molecular weight is 931 g/mol. The normalized spacial score (nSPS) is 23.9. The van der Waals surface area contributed by atoms with Gasteiger partial charge in [0.2, 0.25) is 11.8 Å². The van der Waals surface area contributed by atoms with E-state index in [0.29, 0.717) is 38.5 Å². The maximum atomic E-state index is 15.6. The smallest absolute Gasteiger partial charge is 0.417 e. The fourth-order valence-corrected chi connectivity index (χ4v) is 10.7. The number of benzene rings is 4. The number of allylic oxidation sites excluding steroid dienone is 2. The van der Waals surface area contributed by atoms with E-state index >= 15 is 9.59 Å². The number of imide groups is 2. The highest BCUT2D eigenvalue weighted by atomic mass is 35.5. The van der Waals surface area contributed by atoms with E-state index in [0.717, 1.165) is 12.1 Å². The van der Waals surface area contributed by atoms with E-state index in [1.54, 1.807) is 42.5 Å². The molecule has 6 unspecified atom stereocenters. The van der Waals surface area contributed by atoms with Crippen molar-refractivity contribution in [3.8, 4) is 5.75 Å². The van der Waals surface area contributed by atoms with Crippen molar-refractivity contribution in [2.24, 2.45) is 23.7 Å². The summed E-state index contributed by atoms with van der Waals surface area (Å²) in [6.45, 7) is 0. The van der Waals surface area contributed by atoms with Crippen LogP contribution in [0.3, 0.4) is 0 Å². The predicted molar refractivity (Wildman–Crippen MR) is 229 cm³/mol. The molecule has 9 rings (SSSR count). The molecule has 21 heteroatoms. The molecule has 6 atom stereocenters. The molecule has 4 aliphatic rings. The Morgan fingerprint density at radius 2 is 1.55 bits per heavy atom. The number of anilines is 3. The number of phenolic OH excluding ortho intramolecular Hbond substituents is 1. The minimum Gasteiger partial charge on any atom is -0.507 e. The van der Waals surface area contributed by atoms with Crippen LogP contribution in [0.1, 0.15) is 35.4 Å². The fourth-order valence-electron chi connectivity index (χ4n) is 10.3. The third-order valence-corrected chi connectivity index (χ3v) is 13.5. The van der Waals surface area contributed by atoms with Crippen LogP contribution < -0.4 is 15.2 Å². The molecular formula is C44H32Cl2F3N7O9. The second-order valence-electron chi connectivity index (χ2n) is 16.4. The standard InChI is InChI=1S/C44H32Cl2F3N7O9/c1-52(2)36-32(55(62)63)16-24(17-33(36)56(64)65)53-39(58)27-14-13-26-29(34(27)41(53)60)18-30-40(59)54(51-38-31(46)15-22(19-50-38)44(47,48)49)42(61)43(30,21-8-10-23(45)11-9-21)35(26)28-12-7-20-5-3-4-6-25(20)37(28)57/h3-13,15-17,19,27,29-30,34-35,57H,14,18H2,1-2H3,(H,50,51). The Labute approximate surface area is 375 Å². The zero-order valence-electron chi connectivity index (χ0n) is 33.7. The van der Waals surface area contributed by atoms with Gasteiger partial charge in [0.1, 0.15) is 5.75 Å². The zero-order valence-corrected chi connectivity index (χ0v) is 35.3. The molecule has 3 fully saturated rings. The maximum absolute atomic E-state index is 15.6. The summed E-state index contributed by atoms with van der Waals surface area (Å²) in [5.41, 5.74) is -2.10. The van der Waals surface area contributed by atoms with Gasteiger partial charge in [-0.1, -0.05) is 83.4 Å². The SMILES string of the molecule is CN(C)c1c([N+](=O)[O-])cc(N2C(=O)C3CC=C4C(CC5C(=O)N(Nc6ncc(C(F)(F)F)cc6Cl)C(=O)C5(c5ccc(Cl)cc5)C4c4ccc5ccccc5c4O)C3C2=O)cc1[N+](=O)[O-]. The second kappa shape index (κ2) is 15.3. The lowest BCUT2D eigenvalue weighted by Gasteiger charge is -2.50. The molecule has 0 spiro atoms. The Kier molecular flexibility index (Phi) is 10.1. The molecule has 3 heterocycles. The number of carbonyl (C=O) groups excluding carboxylic acids is 4. The number of aromatic hydroxyl groups is 1. The number of hydrazine groups is 1. The van der Waals surface area contributed by atoms with Crippen molar-refractivity contribution in [3.63, 3.8) is 0 Å². The van der Waals surface area contributed by atoms with Gasteiger partial charge in [-0.25, -0.2) is 9.88 Å². The van der Waals surface area contributed by atoms with Gasteiger partial charge in [0.05, 0.1) is 49.3 Å². The number of carbonyl (C=O) groups is 4. The van der Waals surface area contributed by atoms with Gasteiger partial charge >= 0.3 is 17.6 Å². The van der Waals surface area contributed by atoms with Crippen LogP contribution in [0, 0.1) is 43.9 Å².